The first kappa shape index (κ1) is 16.4. The highest BCUT2D eigenvalue weighted by atomic mass is 16.6. The van der Waals surface area contributed by atoms with E-state index in [1.807, 2.05) is 0 Å². The summed E-state index contributed by atoms with van der Waals surface area (Å²) in [5.74, 6) is -1.24. The highest BCUT2D eigenvalue weighted by Crippen LogP contribution is 2.09. The molecule has 0 aromatic carbocycles. The first-order valence-corrected chi connectivity index (χ1v) is 6.52. The molecule has 1 aliphatic heterocycles. The number of hydrogen-bond acceptors (Lipinski definition) is 6. The number of hydrogen-bond donors (Lipinski definition) is 2. The Morgan fingerprint density at radius 1 is 1.00 bits per heavy atom. The van der Waals surface area contributed by atoms with Gasteiger partial charge in [0.05, 0.1) is 12.2 Å². The fourth-order valence-corrected chi connectivity index (χ4v) is 1.61. The molecule has 6 heteroatoms. The number of carbonyl (C=O) groups excluding carboxylic acids is 2. The predicted molar refractivity (Wildman–Crippen MR) is 70.6 cm³/mol. The fraction of sp³-hybridized carbons (Fsp3) is 0.571. The van der Waals surface area contributed by atoms with E-state index in [2.05, 4.69) is 0 Å². The summed E-state index contributed by atoms with van der Waals surface area (Å²) in [6.45, 7) is 3.21. The van der Waals surface area contributed by atoms with Gasteiger partial charge < -0.3 is 19.7 Å². The van der Waals surface area contributed by atoms with E-state index in [0.717, 1.165) is 12.2 Å². The molecule has 0 radical (unpaired) electrons. The van der Waals surface area contributed by atoms with Crippen LogP contribution in [0.3, 0.4) is 0 Å². The van der Waals surface area contributed by atoms with Gasteiger partial charge in [0.2, 0.25) is 0 Å². The number of carbonyl (C=O) groups is 2. The number of ether oxygens (including phenoxy) is 2. The van der Waals surface area contributed by atoms with Crippen LogP contribution in [-0.4, -0.2) is 46.6 Å². The van der Waals surface area contributed by atoms with Crippen LogP contribution in [0.1, 0.15) is 26.7 Å². The van der Waals surface area contributed by atoms with Crippen molar-refractivity contribution < 1.29 is 29.3 Å². The average molecular weight is 284 g/mol. The van der Waals surface area contributed by atoms with Gasteiger partial charge in [-0.05, 0) is 38.8 Å². The third-order valence-electron chi connectivity index (χ3n) is 2.85. The summed E-state index contributed by atoms with van der Waals surface area (Å²) in [6, 6.07) is 0. The minimum atomic E-state index is -1.11. The quantitative estimate of drug-likeness (QED) is 0.628. The molecule has 0 aromatic heterocycles. The van der Waals surface area contributed by atoms with Crippen molar-refractivity contribution in [3.8, 4) is 0 Å². The average Bonchev–Trinajstić information content (AvgIpc) is 2.39. The molecule has 0 saturated heterocycles. The van der Waals surface area contributed by atoms with Gasteiger partial charge >= 0.3 is 11.9 Å². The summed E-state index contributed by atoms with van der Waals surface area (Å²) in [4.78, 5) is 22.9. The van der Waals surface area contributed by atoms with E-state index in [-0.39, 0.29) is 6.10 Å². The molecule has 0 aliphatic carbocycles. The SMILES string of the molecule is CC1OC(=O)/C=C/[C@H](O)CC[C@@H](C)OC(=O)/C=C/[C@@H]1O. The molecule has 1 unspecified atom stereocenters. The first-order chi connectivity index (χ1) is 9.38. The molecule has 6 nitrogen and oxygen atoms in total. The van der Waals surface area contributed by atoms with Crippen LogP contribution in [-0.2, 0) is 19.1 Å². The van der Waals surface area contributed by atoms with E-state index < -0.39 is 30.3 Å². The molecular formula is C14H20O6. The molecule has 20 heavy (non-hydrogen) atoms. The normalized spacial score (nSPS) is 36.4. The van der Waals surface area contributed by atoms with Gasteiger partial charge in [0, 0.05) is 12.2 Å². The Balaban J connectivity index is 2.79. The molecule has 0 saturated carbocycles. The van der Waals surface area contributed by atoms with Crippen LogP contribution in [0.5, 0.6) is 0 Å². The van der Waals surface area contributed by atoms with Gasteiger partial charge in [0.1, 0.15) is 12.2 Å². The Hall–Kier alpha value is -1.66. The zero-order chi connectivity index (χ0) is 15.1. The van der Waals surface area contributed by atoms with Gasteiger partial charge in [-0.2, -0.15) is 0 Å². The van der Waals surface area contributed by atoms with Crippen molar-refractivity contribution >= 4 is 11.9 Å². The van der Waals surface area contributed by atoms with Gasteiger partial charge in [0.25, 0.3) is 0 Å². The molecule has 0 aromatic rings. The maximum absolute atomic E-state index is 11.5. The Bertz CT molecular complexity index is 400. The summed E-state index contributed by atoms with van der Waals surface area (Å²) >= 11 is 0. The van der Waals surface area contributed by atoms with Gasteiger partial charge in [-0.1, -0.05) is 0 Å². The minimum Gasteiger partial charge on any atom is -0.460 e. The second-order valence-corrected chi connectivity index (χ2v) is 4.74. The standard InChI is InChI=1S/C14H20O6/c1-9-3-4-11(15)5-7-14(18)20-10(2)12(16)6-8-13(17)19-9/h5-12,15-16H,3-4H2,1-2H3/b7-5+,8-6+/t9-,10?,11-,12+/m1/s1. The molecule has 0 amide bonds. The Labute approximate surface area is 117 Å². The Morgan fingerprint density at radius 3 is 2.30 bits per heavy atom. The number of aliphatic hydroxyl groups excluding tert-OH is 2. The zero-order valence-corrected chi connectivity index (χ0v) is 11.6. The van der Waals surface area contributed by atoms with Crippen LogP contribution in [0.15, 0.2) is 24.3 Å². The molecule has 1 rings (SSSR count). The third kappa shape index (κ3) is 5.99. The van der Waals surface area contributed by atoms with E-state index in [0.29, 0.717) is 12.8 Å². The molecular weight excluding hydrogens is 264 g/mol. The Morgan fingerprint density at radius 2 is 1.60 bits per heavy atom. The van der Waals surface area contributed by atoms with Crippen molar-refractivity contribution in [3.05, 3.63) is 24.3 Å². The zero-order valence-electron chi connectivity index (χ0n) is 11.6. The van der Waals surface area contributed by atoms with Crippen LogP contribution in [0.25, 0.3) is 0 Å². The van der Waals surface area contributed by atoms with Crippen LogP contribution >= 0.6 is 0 Å². The smallest absolute Gasteiger partial charge is 0.330 e. The molecule has 1 heterocycles. The second-order valence-electron chi connectivity index (χ2n) is 4.74. The van der Waals surface area contributed by atoms with Crippen molar-refractivity contribution in [2.75, 3.05) is 0 Å². The number of aliphatic hydroxyl groups is 2. The van der Waals surface area contributed by atoms with Crippen LogP contribution in [0.4, 0.5) is 0 Å². The topological polar surface area (TPSA) is 93.1 Å². The first-order valence-electron chi connectivity index (χ1n) is 6.52. The van der Waals surface area contributed by atoms with E-state index in [4.69, 9.17) is 9.47 Å². The maximum Gasteiger partial charge on any atom is 0.330 e. The monoisotopic (exact) mass is 284 g/mol. The van der Waals surface area contributed by atoms with Crippen LogP contribution < -0.4 is 0 Å². The molecule has 4 atom stereocenters. The summed E-state index contributed by atoms with van der Waals surface area (Å²) < 4.78 is 9.99. The molecule has 1 aliphatic rings. The fourth-order valence-electron chi connectivity index (χ4n) is 1.61. The lowest BCUT2D eigenvalue weighted by atomic mass is 10.1. The lowest BCUT2D eigenvalue weighted by Gasteiger charge is -2.17. The highest BCUT2D eigenvalue weighted by Gasteiger charge is 2.17. The van der Waals surface area contributed by atoms with Crippen molar-refractivity contribution in [1.29, 1.82) is 0 Å². The summed E-state index contributed by atoms with van der Waals surface area (Å²) in [5.41, 5.74) is 0. The van der Waals surface area contributed by atoms with Gasteiger partial charge in [-0.3, -0.25) is 0 Å². The van der Waals surface area contributed by atoms with Gasteiger partial charge in [-0.15, -0.1) is 0 Å². The van der Waals surface area contributed by atoms with E-state index in [1.165, 1.54) is 19.1 Å². The van der Waals surface area contributed by atoms with Gasteiger partial charge in [0.15, 0.2) is 0 Å². The molecule has 0 spiro atoms. The Kier molecular flexibility index (Phi) is 6.41. The second kappa shape index (κ2) is 7.81. The van der Waals surface area contributed by atoms with Crippen LogP contribution in [0.2, 0.25) is 0 Å². The molecule has 0 bridgehead atoms. The summed E-state index contributed by atoms with van der Waals surface area (Å²) in [7, 11) is 0. The minimum absolute atomic E-state index is 0.361. The van der Waals surface area contributed by atoms with E-state index >= 15 is 0 Å². The molecule has 2 N–H and O–H groups in total. The van der Waals surface area contributed by atoms with Gasteiger partial charge in [-0.25, -0.2) is 9.59 Å². The summed E-state index contributed by atoms with van der Waals surface area (Å²) in [5, 5.41) is 19.3. The number of cyclic esters (lactones) is 2. The predicted octanol–water partition coefficient (Wildman–Crippen LogP) is 0.478. The number of rotatable bonds is 0. The lowest BCUT2D eigenvalue weighted by molar-refractivity contribution is -0.146. The van der Waals surface area contributed by atoms with Crippen molar-refractivity contribution in [1.82, 2.24) is 0 Å². The van der Waals surface area contributed by atoms with Crippen LogP contribution in [0, 0.1) is 0 Å². The van der Waals surface area contributed by atoms with Crippen molar-refractivity contribution in [2.45, 2.75) is 51.1 Å². The largest absolute Gasteiger partial charge is 0.460 e. The van der Waals surface area contributed by atoms with Crippen molar-refractivity contribution in [3.63, 3.8) is 0 Å². The molecule has 0 fully saturated rings. The van der Waals surface area contributed by atoms with E-state index in [1.54, 1.807) is 6.92 Å². The molecule has 112 valence electrons. The lowest BCUT2D eigenvalue weighted by Crippen LogP contribution is -2.27. The number of esters is 2. The van der Waals surface area contributed by atoms with E-state index in [9.17, 15) is 19.8 Å². The maximum atomic E-state index is 11.5. The highest BCUT2D eigenvalue weighted by molar-refractivity contribution is 5.83. The third-order valence-corrected chi connectivity index (χ3v) is 2.85. The van der Waals surface area contributed by atoms with Crippen molar-refractivity contribution in [2.24, 2.45) is 0 Å². The summed E-state index contributed by atoms with van der Waals surface area (Å²) in [6.07, 6.45) is 2.48.